The van der Waals surface area contributed by atoms with Gasteiger partial charge in [-0.3, -0.25) is 4.79 Å². The molecule has 3 aromatic carbocycles. The third kappa shape index (κ3) is 5.48. The zero-order valence-corrected chi connectivity index (χ0v) is 16.9. The van der Waals surface area contributed by atoms with Gasteiger partial charge in [-0.25, -0.2) is 0 Å². The summed E-state index contributed by atoms with van der Waals surface area (Å²) in [5.41, 5.74) is 0.450. The molecular weight excluding hydrogens is 425 g/mol. The van der Waals surface area contributed by atoms with Crippen LogP contribution in [0, 0.1) is 23.7 Å². The number of hydrogen-bond donors (Lipinski definition) is 0. The molecule has 6 heteroatoms. The number of benzene rings is 3. The summed E-state index contributed by atoms with van der Waals surface area (Å²) in [7, 11) is 1.53. The summed E-state index contributed by atoms with van der Waals surface area (Å²) in [6.45, 7) is 0. The van der Waals surface area contributed by atoms with Crippen LogP contribution in [0.3, 0.4) is 0 Å². The second-order valence-electron chi connectivity index (χ2n) is 6.27. The molecule has 3 rings (SSSR count). The lowest BCUT2D eigenvalue weighted by Gasteiger charge is -2.09. The molecular formula is C25H14ClF3O2. The average molecular weight is 439 g/mol. The summed E-state index contributed by atoms with van der Waals surface area (Å²) in [5, 5.41) is -0.458. The van der Waals surface area contributed by atoms with Crippen molar-refractivity contribution >= 4 is 17.4 Å². The normalized spacial score (nSPS) is 10.4. The number of carbonyl (C=O) groups excluding carboxylic acids is 1. The van der Waals surface area contributed by atoms with Crippen molar-refractivity contribution in [2.75, 3.05) is 7.11 Å². The van der Waals surface area contributed by atoms with Gasteiger partial charge in [0.15, 0.2) is 0 Å². The highest BCUT2D eigenvalue weighted by molar-refractivity contribution is 6.32. The van der Waals surface area contributed by atoms with E-state index in [-0.39, 0.29) is 11.3 Å². The Morgan fingerprint density at radius 1 is 0.839 bits per heavy atom. The highest BCUT2D eigenvalue weighted by Gasteiger charge is 2.33. The van der Waals surface area contributed by atoms with Crippen molar-refractivity contribution in [3.05, 3.63) is 99.6 Å². The van der Waals surface area contributed by atoms with Gasteiger partial charge in [-0.05, 0) is 54.5 Å². The molecule has 0 aliphatic carbocycles. The SMILES string of the molecule is COc1ccc(C(=O)C#Cc2ccccc2C#Cc2cccc(C(F)(F)F)c2Cl)cc1. The first-order valence-electron chi connectivity index (χ1n) is 8.97. The van der Waals surface area contributed by atoms with E-state index in [0.29, 0.717) is 22.4 Å². The van der Waals surface area contributed by atoms with Gasteiger partial charge in [0, 0.05) is 22.3 Å². The number of hydrogen-bond acceptors (Lipinski definition) is 2. The molecule has 0 amide bonds. The third-order valence-corrected chi connectivity index (χ3v) is 4.63. The average Bonchev–Trinajstić information content (AvgIpc) is 2.76. The van der Waals surface area contributed by atoms with E-state index in [1.54, 1.807) is 48.5 Å². The Morgan fingerprint density at radius 2 is 1.42 bits per heavy atom. The number of methoxy groups -OCH3 is 1. The Balaban J connectivity index is 1.90. The zero-order valence-electron chi connectivity index (χ0n) is 16.2. The molecule has 2 nitrogen and oxygen atoms in total. The number of alkyl halides is 3. The minimum absolute atomic E-state index is 0.0496. The predicted octanol–water partition coefficient (Wildman–Crippen LogP) is 6.00. The van der Waals surface area contributed by atoms with Gasteiger partial charge in [-0.15, -0.1) is 0 Å². The monoisotopic (exact) mass is 438 g/mol. The van der Waals surface area contributed by atoms with Crippen LogP contribution >= 0.6 is 11.6 Å². The van der Waals surface area contributed by atoms with Crippen molar-refractivity contribution in [3.63, 3.8) is 0 Å². The molecule has 0 spiro atoms. The van der Waals surface area contributed by atoms with Crippen LogP contribution in [-0.2, 0) is 6.18 Å². The Hall–Kier alpha value is -3.67. The van der Waals surface area contributed by atoms with E-state index in [9.17, 15) is 18.0 Å². The summed E-state index contributed by atoms with van der Waals surface area (Å²) in [4.78, 5) is 12.3. The third-order valence-electron chi connectivity index (χ3n) is 4.23. The molecule has 0 fully saturated rings. The maximum absolute atomic E-state index is 13.0. The van der Waals surface area contributed by atoms with Crippen LogP contribution < -0.4 is 4.74 Å². The summed E-state index contributed by atoms with van der Waals surface area (Å²) >= 11 is 5.89. The van der Waals surface area contributed by atoms with E-state index in [0.717, 1.165) is 6.07 Å². The summed E-state index contributed by atoms with van der Waals surface area (Å²) < 4.78 is 44.1. The summed E-state index contributed by atoms with van der Waals surface area (Å²) in [6, 6.07) is 16.9. The van der Waals surface area contributed by atoms with Crippen molar-refractivity contribution < 1.29 is 22.7 Å². The number of carbonyl (C=O) groups is 1. The van der Waals surface area contributed by atoms with Crippen molar-refractivity contribution in [1.82, 2.24) is 0 Å². The van der Waals surface area contributed by atoms with Gasteiger partial charge in [-0.2, -0.15) is 13.2 Å². The highest BCUT2D eigenvalue weighted by atomic mass is 35.5. The fraction of sp³-hybridized carbons (Fsp3) is 0.0800. The van der Waals surface area contributed by atoms with Crippen LogP contribution in [-0.4, -0.2) is 12.9 Å². The molecule has 154 valence electrons. The van der Waals surface area contributed by atoms with E-state index in [1.807, 2.05) is 0 Å². The Morgan fingerprint density at radius 3 is 2.03 bits per heavy atom. The molecule has 0 saturated heterocycles. The minimum Gasteiger partial charge on any atom is -0.497 e. The first-order valence-corrected chi connectivity index (χ1v) is 9.34. The van der Waals surface area contributed by atoms with Crippen LogP contribution in [0.5, 0.6) is 5.75 Å². The first-order chi connectivity index (χ1) is 14.8. The Bertz CT molecular complexity index is 1240. The molecule has 0 bridgehead atoms. The van der Waals surface area contributed by atoms with Crippen LogP contribution in [0.1, 0.15) is 32.6 Å². The quantitative estimate of drug-likeness (QED) is 0.362. The standard InChI is InChI=1S/C25H14ClF3O2/c1-31-21-14-11-19(12-15-21)23(30)16-13-18-6-3-2-5-17(18)9-10-20-7-4-8-22(24(20)26)25(27,28)29/h2-8,11-12,14-15H,1H3. The van der Waals surface area contributed by atoms with Crippen molar-refractivity contribution in [2.45, 2.75) is 6.18 Å². The lowest BCUT2D eigenvalue weighted by Crippen LogP contribution is -2.06. The molecule has 0 radical (unpaired) electrons. The fourth-order valence-corrected chi connectivity index (χ4v) is 2.90. The van der Waals surface area contributed by atoms with Crippen LogP contribution in [0.25, 0.3) is 0 Å². The van der Waals surface area contributed by atoms with E-state index in [2.05, 4.69) is 23.7 Å². The summed E-state index contributed by atoms with van der Waals surface area (Å²) in [5.74, 6) is 11.0. The number of rotatable bonds is 2. The number of ketones is 1. The number of ether oxygens (including phenoxy) is 1. The van der Waals surface area contributed by atoms with Gasteiger partial charge < -0.3 is 4.74 Å². The lowest BCUT2D eigenvalue weighted by atomic mass is 10.1. The van der Waals surface area contributed by atoms with Crippen LogP contribution in [0.15, 0.2) is 66.7 Å². The molecule has 0 aliphatic heterocycles. The fourth-order valence-electron chi connectivity index (χ4n) is 2.62. The molecule has 0 aliphatic rings. The molecule has 0 saturated carbocycles. The molecule has 0 heterocycles. The molecule has 3 aromatic rings. The molecule has 0 N–H and O–H groups in total. The number of halogens is 4. The van der Waals surface area contributed by atoms with Gasteiger partial charge in [0.05, 0.1) is 17.7 Å². The smallest absolute Gasteiger partial charge is 0.417 e. The zero-order chi connectivity index (χ0) is 22.4. The molecule has 31 heavy (non-hydrogen) atoms. The largest absolute Gasteiger partial charge is 0.497 e. The molecule has 0 unspecified atom stereocenters. The summed E-state index contributed by atoms with van der Waals surface area (Å²) in [6.07, 6.45) is -4.57. The predicted molar refractivity (Wildman–Crippen MR) is 113 cm³/mol. The van der Waals surface area contributed by atoms with Gasteiger partial charge in [0.25, 0.3) is 0 Å². The van der Waals surface area contributed by atoms with Crippen molar-refractivity contribution in [1.29, 1.82) is 0 Å². The first kappa shape index (κ1) is 22.0. The minimum atomic E-state index is -4.57. The molecule has 0 aromatic heterocycles. The number of Topliss-reactive ketones (excluding diaryl/α,β-unsaturated/α-hetero) is 1. The Labute approximate surface area is 182 Å². The van der Waals surface area contributed by atoms with E-state index in [4.69, 9.17) is 16.3 Å². The highest BCUT2D eigenvalue weighted by Crippen LogP contribution is 2.35. The van der Waals surface area contributed by atoms with Gasteiger partial charge in [0.2, 0.25) is 5.78 Å². The van der Waals surface area contributed by atoms with Crippen molar-refractivity contribution in [2.24, 2.45) is 0 Å². The van der Waals surface area contributed by atoms with E-state index in [1.165, 1.54) is 19.2 Å². The van der Waals surface area contributed by atoms with Crippen LogP contribution in [0.2, 0.25) is 5.02 Å². The van der Waals surface area contributed by atoms with Crippen LogP contribution in [0.4, 0.5) is 13.2 Å². The van der Waals surface area contributed by atoms with E-state index < -0.39 is 16.8 Å². The second kappa shape index (κ2) is 9.43. The van der Waals surface area contributed by atoms with Gasteiger partial charge >= 0.3 is 6.18 Å². The maximum atomic E-state index is 13.0. The van der Waals surface area contributed by atoms with Gasteiger partial charge in [0.1, 0.15) is 5.75 Å². The topological polar surface area (TPSA) is 26.3 Å². The Kier molecular flexibility index (Phi) is 6.70. The molecule has 0 atom stereocenters. The maximum Gasteiger partial charge on any atom is 0.417 e. The van der Waals surface area contributed by atoms with Gasteiger partial charge in [-0.1, -0.05) is 47.6 Å². The lowest BCUT2D eigenvalue weighted by molar-refractivity contribution is -0.137. The van der Waals surface area contributed by atoms with Crippen molar-refractivity contribution in [3.8, 4) is 29.4 Å². The second-order valence-corrected chi connectivity index (χ2v) is 6.65. The van der Waals surface area contributed by atoms with E-state index >= 15 is 0 Å².